The van der Waals surface area contributed by atoms with E-state index in [0.29, 0.717) is 12.5 Å². The molecule has 0 saturated carbocycles. The number of aliphatic carboxylic acids is 1. The van der Waals surface area contributed by atoms with Crippen molar-refractivity contribution in [3.05, 3.63) is 40.8 Å². The van der Waals surface area contributed by atoms with Gasteiger partial charge in [-0.15, -0.1) is 11.3 Å². The van der Waals surface area contributed by atoms with Gasteiger partial charge in [0.15, 0.2) is 0 Å². The van der Waals surface area contributed by atoms with Gasteiger partial charge in [0, 0.05) is 25.5 Å². The van der Waals surface area contributed by atoms with E-state index < -0.39 is 5.97 Å². The van der Waals surface area contributed by atoms with E-state index in [1.54, 1.807) is 11.3 Å². The highest BCUT2D eigenvalue weighted by Crippen LogP contribution is 2.20. The number of carboxylic acids is 1. The number of nitrogens with one attached hydrogen (secondary N) is 2. The molecule has 0 aromatic carbocycles. The summed E-state index contributed by atoms with van der Waals surface area (Å²) in [5.74, 6) is -0.573. The number of rotatable bonds is 7. The quantitative estimate of drug-likeness (QED) is 0.408. The molecule has 1 saturated heterocycles. The van der Waals surface area contributed by atoms with E-state index >= 15 is 0 Å². The van der Waals surface area contributed by atoms with Gasteiger partial charge in [-0.3, -0.25) is 4.79 Å². The Labute approximate surface area is 145 Å². The van der Waals surface area contributed by atoms with Gasteiger partial charge >= 0.3 is 5.97 Å². The molecule has 128 valence electrons. The first-order valence-electron chi connectivity index (χ1n) is 8.14. The molecule has 7 heteroatoms. The first-order chi connectivity index (χ1) is 11.7. The van der Waals surface area contributed by atoms with Crippen molar-refractivity contribution in [2.75, 3.05) is 19.6 Å². The molecule has 24 heavy (non-hydrogen) atoms. The monoisotopic (exact) mass is 346 g/mol. The molecule has 1 aliphatic rings. The fourth-order valence-electron chi connectivity index (χ4n) is 3.00. The molecule has 1 aliphatic heterocycles. The Morgan fingerprint density at radius 1 is 1.46 bits per heavy atom. The number of nitrogens with zero attached hydrogens (tertiary/aromatic N) is 2. The third-order valence-electron chi connectivity index (χ3n) is 4.28. The SMILES string of the molecule is O=C(O)[C@H]1CNC[C@H](CCN/N=C/c2sccc2-n2cccc2)C1. The summed E-state index contributed by atoms with van der Waals surface area (Å²) in [6.45, 7) is 2.22. The predicted octanol–water partition coefficient (Wildman–Crippen LogP) is 2.16. The van der Waals surface area contributed by atoms with Crippen LogP contribution in [0.2, 0.25) is 0 Å². The zero-order chi connectivity index (χ0) is 16.8. The van der Waals surface area contributed by atoms with Crippen molar-refractivity contribution in [3.8, 4) is 5.69 Å². The van der Waals surface area contributed by atoms with E-state index in [0.717, 1.165) is 36.5 Å². The summed E-state index contributed by atoms with van der Waals surface area (Å²) in [6.07, 6.45) is 7.54. The first kappa shape index (κ1) is 16.7. The second-order valence-corrected chi connectivity index (χ2v) is 6.96. The highest BCUT2D eigenvalue weighted by Gasteiger charge is 2.26. The Balaban J connectivity index is 1.45. The fourth-order valence-corrected chi connectivity index (χ4v) is 3.75. The van der Waals surface area contributed by atoms with Crippen molar-refractivity contribution in [2.45, 2.75) is 12.8 Å². The van der Waals surface area contributed by atoms with Gasteiger partial charge in [-0.1, -0.05) is 0 Å². The molecule has 2 aromatic heterocycles. The first-order valence-corrected chi connectivity index (χ1v) is 9.02. The highest BCUT2D eigenvalue weighted by atomic mass is 32.1. The Hall–Kier alpha value is -2.12. The van der Waals surface area contributed by atoms with E-state index in [1.807, 2.05) is 30.7 Å². The van der Waals surface area contributed by atoms with E-state index in [2.05, 4.69) is 31.9 Å². The minimum atomic E-state index is -0.701. The highest BCUT2D eigenvalue weighted by molar-refractivity contribution is 7.12. The van der Waals surface area contributed by atoms with Gasteiger partial charge in [-0.05, 0) is 48.9 Å². The number of piperidine rings is 1. The van der Waals surface area contributed by atoms with Crippen molar-refractivity contribution >= 4 is 23.5 Å². The maximum atomic E-state index is 11.1. The molecule has 0 bridgehead atoms. The summed E-state index contributed by atoms with van der Waals surface area (Å²) in [5.41, 5.74) is 4.20. The van der Waals surface area contributed by atoms with Crippen molar-refractivity contribution < 1.29 is 9.90 Å². The van der Waals surface area contributed by atoms with Crippen LogP contribution in [-0.4, -0.2) is 41.5 Å². The molecule has 0 radical (unpaired) electrons. The van der Waals surface area contributed by atoms with E-state index in [9.17, 15) is 4.79 Å². The predicted molar refractivity (Wildman–Crippen MR) is 96.0 cm³/mol. The lowest BCUT2D eigenvalue weighted by Gasteiger charge is -2.27. The second kappa shape index (κ2) is 8.12. The van der Waals surface area contributed by atoms with Crippen LogP contribution in [0, 0.1) is 11.8 Å². The van der Waals surface area contributed by atoms with Gasteiger partial charge in [0.1, 0.15) is 0 Å². The number of hydrogen-bond acceptors (Lipinski definition) is 5. The zero-order valence-electron chi connectivity index (χ0n) is 13.4. The van der Waals surface area contributed by atoms with Crippen molar-refractivity contribution in [1.82, 2.24) is 15.3 Å². The van der Waals surface area contributed by atoms with Crippen molar-refractivity contribution in [2.24, 2.45) is 16.9 Å². The molecular formula is C17H22N4O2S. The van der Waals surface area contributed by atoms with Crippen LogP contribution in [0.25, 0.3) is 5.69 Å². The number of aromatic nitrogens is 1. The number of thiophene rings is 1. The maximum absolute atomic E-state index is 11.1. The van der Waals surface area contributed by atoms with Crippen LogP contribution in [0.1, 0.15) is 17.7 Å². The summed E-state index contributed by atoms with van der Waals surface area (Å²) in [4.78, 5) is 12.2. The number of carbonyl (C=O) groups is 1. The van der Waals surface area contributed by atoms with Gasteiger partial charge in [0.05, 0.1) is 22.7 Å². The summed E-state index contributed by atoms with van der Waals surface area (Å²) in [5, 5.41) is 18.7. The van der Waals surface area contributed by atoms with Crippen molar-refractivity contribution in [1.29, 1.82) is 0 Å². The lowest BCUT2D eigenvalue weighted by Crippen LogP contribution is -2.40. The number of hydrazone groups is 1. The fraction of sp³-hybridized carbons (Fsp3) is 0.412. The van der Waals surface area contributed by atoms with Gasteiger partial charge in [-0.25, -0.2) is 0 Å². The topological polar surface area (TPSA) is 78.7 Å². The van der Waals surface area contributed by atoms with E-state index in [-0.39, 0.29) is 5.92 Å². The van der Waals surface area contributed by atoms with E-state index in [1.165, 1.54) is 0 Å². The molecule has 0 aliphatic carbocycles. The minimum Gasteiger partial charge on any atom is -0.481 e. The van der Waals surface area contributed by atoms with Gasteiger partial charge < -0.3 is 20.4 Å². The molecular weight excluding hydrogens is 324 g/mol. The van der Waals surface area contributed by atoms with Crippen LogP contribution < -0.4 is 10.7 Å². The lowest BCUT2D eigenvalue weighted by atomic mass is 9.88. The molecule has 3 N–H and O–H groups in total. The molecule has 1 fully saturated rings. The summed E-state index contributed by atoms with van der Waals surface area (Å²) >= 11 is 1.65. The molecule has 3 heterocycles. The van der Waals surface area contributed by atoms with Gasteiger partial charge in [0.2, 0.25) is 0 Å². The second-order valence-electron chi connectivity index (χ2n) is 6.01. The van der Waals surface area contributed by atoms with Crippen LogP contribution in [0.15, 0.2) is 41.1 Å². The summed E-state index contributed by atoms with van der Waals surface area (Å²) in [7, 11) is 0. The molecule has 6 nitrogen and oxygen atoms in total. The van der Waals surface area contributed by atoms with Gasteiger partial charge in [0.25, 0.3) is 0 Å². The molecule has 0 unspecified atom stereocenters. The standard InChI is InChI=1S/C17H22N4O2S/c22-17(23)14-9-13(10-18-11-14)3-5-19-20-12-16-15(4-8-24-16)21-6-1-2-7-21/h1-2,4,6-8,12-14,18-19H,3,5,9-11H2,(H,22,23)/b20-12+/t13-,14-/m1/s1. The van der Waals surface area contributed by atoms with Crippen molar-refractivity contribution in [3.63, 3.8) is 0 Å². The maximum Gasteiger partial charge on any atom is 0.307 e. The Morgan fingerprint density at radius 3 is 3.08 bits per heavy atom. The van der Waals surface area contributed by atoms with Gasteiger partial charge in [-0.2, -0.15) is 5.10 Å². The van der Waals surface area contributed by atoms with Crippen LogP contribution in [0.3, 0.4) is 0 Å². The Morgan fingerprint density at radius 2 is 2.29 bits per heavy atom. The normalized spacial score (nSPS) is 21.2. The summed E-state index contributed by atoms with van der Waals surface area (Å²) in [6, 6.07) is 6.07. The largest absolute Gasteiger partial charge is 0.481 e. The third-order valence-corrected chi connectivity index (χ3v) is 5.12. The Kier molecular flexibility index (Phi) is 5.66. The number of hydrogen-bond donors (Lipinski definition) is 3. The molecule has 2 atom stereocenters. The minimum absolute atomic E-state index is 0.262. The van der Waals surface area contributed by atoms with E-state index in [4.69, 9.17) is 5.11 Å². The average molecular weight is 346 g/mol. The molecule has 3 rings (SSSR count). The number of carboxylic acid groups (broad SMARTS) is 1. The summed E-state index contributed by atoms with van der Waals surface area (Å²) < 4.78 is 2.07. The van der Waals surface area contributed by atoms with Crippen LogP contribution in [0.5, 0.6) is 0 Å². The van der Waals surface area contributed by atoms with Crippen LogP contribution >= 0.6 is 11.3 Å². The lowest BCUT2D eigenvalue weighted by molar-refractivity contribution is -0.142. The molecule has 0 amide bonds. The average Bonchev–Trinajstić information content (AvgIpc) is 3.26. The zero-order valence-corrected chi connectivity index (χ0v) is 14.2. The smallest absolute Gasteiger partial charge is 0.307 e. The molecule has 0 spiro atoms. The third kappa shape index (κ3) is 4.24. The van der Waals surface area contributed by atoms with Crippen LogP contribution in [-0.2, 0) is 4.79 Å². The van der Waals surface area contributed by atoms with Crippen LogP contribution in [0.4, 0.5) is 0 Å². The molecule has 2 aromatic rings. The Bertz CT molecular complexity index is 681.